The van der Waals surface area contributed by atoms with Gasteiger partial charge in [-0.05, 0) is 41.1 Å². The molecule has 1 amide bonds. The van der Waals surface area contributed by atoms with E-state index in [2.05, 4.69) is 21.2 Å². The number of alkyl halides is 1. The van der Waals surface area contributed by atoms with Crippen molar-refractivity contribution in [3.05, 3.63) is 34.1 Å². The largest absolute Gasteiger partial charge is 0.351 e. The minimum atomic E-state index is -0.385. The van der Waals surface area contributed by atoms with Crippen molar-refractivity contribution < 1.29 is 9.18 Å². The van der Waals surface area contributed by atoms with Crippen molar-refractivity contribution in [3.63, 3.8) is 0 Å². The Morgan fingerprint density at radius 1 is 1.67 bits per heavy atom. The van der Waals surface area contributed by atoms with Gasteiger partial charge in [0.1, 0.15) is 5.82 Å². The second-order valence-corrected chi connectivity index (χ2v) is 4.71. The van der Waals surface area contributed by atoms with Crippen LogP contribution in [0.15, 0.2) is 22.7 Å². The maximum Gasteiger partial charge on any atom is 0.252 e. The van der Waals surface area contributed by atoms with Crippen LogP contribution in [0.25, 0.3) is 0 Å². The summed E-state index contributed by atoms with van der Waals surface area (Å²) in [6.45, 7) is 2.16. The van der Waals surface area contributed by atoms with E-state index in [0.717, 1.165) is 0 Å². The minimum Gasteiger partial charge on any atom is -0.351 e. The second-order valence-electron chi connectivity index (χ2n) is 3.11. The van der Waals surface area contributed by atoms with Crippen molar-refractivity contribution in [1.29, 1.82) is 0 Å². The van der Waals surface area contributed by atoms with Gasteiger partial charge in [0.2, 0.25) is 0 Å². The van der Waals surface area contributed by atoms with Crippen LogP contribution in [-0.4, -0.2) is 17.8 Å². The van der Waals surface area contributed by atoms with Gasteiger partial charge < -0.3 is 5.32 Å². The lowest BCUT2D eigenvalue weighted by Gasteiger charge is -2.07. The molecular weight excluding hydrogens is 284 g/mol. The molecule has 0 saturated heterocycles. The fraction of sp³-hybridized carbons (Fsp3) is 0.300. The zero-order valence-electron chi connectivity index (χ0n) is 8.06. The Kier molecular flexibility index (Phi) is 4.54. The van der Waals surface area contributed by atoms with E-state index in [1.54, 1.807) is 6.92 Å². The molecular formula is C10H10BrClFNO. The van der Waals surface area contributed by atoms with Gasteiger partial charge in [-0.1, -0.05) is 0 Å². The fourth-order valence-electron chi connectivity index (χ4n) is 1.00. The smallest absolute Gasteiger partial charge is 0.252 e. The molecule has 82 valence electrons. The first-order valence-electron chi connectivity index (χ1n) is 4.38. The summed E-state index contributed by atoms with van der Waals surface area (Å²) >= 11 is 8.81. The Balaban J connectivity index is 2.74. The zero-order valence-corrected chi connectivity index (χ0v) is 10.4. The predicted molar refractivity (Wildman–Crippen MR) is 61.7 cm³/mol. The number of hydrogen-bond donors (Lipinski definition) is 1. The number of carbonyl (C=O) groups is 1. The van der Waals surface area contributed by atoms with E-state index in [-0.39, 0.29) is 17.1 Å². The van der Waals surface area contributed by atoms with E-state index in [1.807, 2.05) is 0 Å². The summed E-state index contributed by atoms with van der Waals surface area (Å²) in [7, 11) is 0. The molecule has 0 fully saturated rings. The number of benzene rings is 1. The molecule has 0 radical (unpaired) electrons. The third-order valence-electron chi connectivity index (χ3n) is 1.72. The van der Waals surface area contributed by atoms with Crippen LogP contribution in [-0.2, 0) is 0 Å². The fourth-order valence-corrected chi connectivity index (χ4v) is 1.61. The van der Waals surface area contributed by atoms with Crippen LogP contribution in [0, 0.1) is 5.82 Å². The summed E-state index contributed by atoms with van der Waals surface area (Å²) in [5.41, 5.74) is 0.397. The topological polar surface area (TPSA) is 29.1 Å². The van der Waals surface area contributed by atoms with Crippen molar-refractivity contribution in [2.45, 2.75) is 12.3 Å². The monoisotopic (exact) mass is 293 g/mol. The molecule has 0 heterocycles. The molecule has 1 atom stereocenters. The van der Waals surface area contributed by atoms with Crippen LogP contribution >= 0.6 is 27.5 Å². The average molecular weight is 295 g/mol. The molecule has 1 aromatic rings. The highest BCUT2D eigenvalue weighted by Gasteiger charge is 2.10. The lowest BCUT2D eigenvalue weighted by Crippen LogP contribution is -2.28. The van der Waals surface area contributed by atoms with Gasteiger partial charge in [-0.2, -0.15) is 0 Å². The van der Waals surface area contributed by atoms with Crippen LogP contribution in [0.3, 0.4) is 0 Å². The molecule has 1 N–H and O–H groups in total. The van der Waals surface area contributed by atoms with Gasteiger partial charge in [0, 0.05) is 16.4 Å². The molecule has 0 aliphatic heterocycles. The average Bonchev–Trinajstić information content (AvgIpc) is 2.14. The van der Waals surface area contributed by atoms with Gasteiger partial charge in [0.05, 0.1) is 5.56 Å². The van der Waals surface area contributed by atoms with Crippen molar-refractivity contribution in [3.8, 4) is 0 Å². The van der Waals surface area contributed by atoms with Crippen LogP contribution in [0.2, 0.25) is 0 Å². The maximum atomic E-state index is 12.7. The van der Waals surface area contributed by atoms with Crippen molar-refractivity contribution in [2.75, 3.05) is 6.54 Å². The van der Waals surface area contributed by atoms with E-state index >= 15 is 0 Å². The van der Waals surface area contributed by atoms with Crippen LogP contribution in [0.1, 0.15) is 17.3 Å². The number of hydrogen-bond acceptors (Lipinski definition) is 1. The molecule has 0 aromatic heterocycles. The van der Waals surface area contributed by atoms with Gasteiger partial charge in [-0.3, -0.25) is 4.79 Å². The molecule has 0 aliphatic rings. The van der Waals surface area contributed by atoms with E-state index in [0.29, 0.717) is 16.6 Å². The summed E-state index contributed by atoms with van der Waals surface area (Å²) in [6, 6.07) is 3.91. The van der Waals surface area contributed by atoms with E-state index < -0.39 is 0 Å². The highest BCUT2D eigenvalue weighted by Crippen LogP contribution is 2.17. The maximum absolute atomic E-state index is 12.7. The van der Waals surface area contributed by atoms with Gasteiger partial charge >= 0.3 is 0 Å². The molecule has 2 nitrogen and oxygen atoms in total. The van der Waals surface area contributed by atoms with E-state index in [1.165, 1.54) is 18.2 Å². The van der Waals surface area contributed by atoms with Crippen LogP contribution in [0.5, 0.6) is 0 Å². The summed E-state index contributed by atoms with van der Waals surface area (Å²) in [5, 5.41) is 2.50. The molecule has 1 unspecified atom stereocenters. The first-order chi connectivity index (χ1) is 7.00. The summed E-state index contributed by atoms with van der Waals surface area (Å²) in [5.74, 6) is -0.654. The van der Waals surface area contributed by atoms with Crippen molar-refractivity contribution >= 4 is 33.4 Å². The minimum absolute atomic E-state index is 0.131. The Morgan fingerprint density at radius 2 is 2.33 bits per heavy atom. The first-order valence-corrected chi connectivity index (χ1v) is 5.61. The molecule has 0 saturated carbocycles. The lowest BCUT2D eigenvalue weighted by molar-refractivity contribution is 0.0953. The molecule has 1 rings (SSSR count). The second kappa shape index (κ2) is 5.47. The molecule has 0 bridgehead atoms. The quantitative estimate of drug-likeness (QED) is 0.853. The molecule has 0 spiro atoms. The number of nitrogens with one attached hydrogen (secondary N) is 1. The highest BCUT2D eigenvalue weighted by atomic mass is 79.9. The number of rotatable bonds is 3. The summed E-state index contributed by atoms with van der Waals surface area (Å²) < 4.78 is 13.2. The zero-order chi connectivity index (χ0) is 11.4. The Hall–Kier alpha value is -0.610. The molecule has 0 aliphatic carbocycles. The molecule has 1 aromatic carbocycles. The third-order valence-corrected chi connectivity index (χ3v) is 2.53. The number of amides is 1. The van der Waals surface area contributed by atoms with E-state index in [4.69, 9.17) is 11.6 Å². The van der Waals surface area contributed by atoms with Crippen LogP contribution < -0.4 is 5.32 Å². The number of halogens is 3. The van der Waals surface area contributed by atoms with Crippen LogP contribution in [0.4, 0.5) is 4.39 Å². The Bertz CT molecular complexity index is 370. The lowest BCUT2D eigenvalue weighted by atomic mass is 10.2. The van der Waals surface area contributed by atoms with Gasteiger partial charge in [-0.15, -0.1) is 11.6 Å². The van der Waals surface area contributed by atoms with E-state index in [9.17, 15) is 9.18 Å². The first kappa shape index (κ1) is 12.5. The predicted octanol–water partition coefficient (Wildman–Crippen LogP) is 2.95. The standard InChI is InChI=1S/C10H10BrClFNO/c1-6(12)5-14-10(15)8-3-2-7(13)4-9(8)11/h2-4,6H,5H2,1H3,(H,14,15). The SMILES string of the molecule is CC(Cl)CNC(=O)c1ccc(F)cc1Br. The van der Waals surface area contributed by atoms with Gasteiger partial charge in [-0.25, -0.2) is 4.39 Å². The van der Waals surface area contributed by atoms with Gasteiger partial charge in [0.15, 0.2) is 0 Å². The number of carbonyl (C=O) groups excluding carboxylic acids is 1. The Labute approximate surface area is 101 Å². The van der Waals surface area contributed by atoms with Crippen molar-refractivity contribution in [1.82, 2.24) is 5.32 Å². The molecule has 5 heteroatoms. The highest BCUT2D eigenvalue weighted by molar-refractivity contribution is 9.10. The summed E-state index contributed by atoms with van der Waals surface area (Å²) in [4.78, 5) is 11.6. The Morgan fingerprint density at radius 3 is 2.87 bits per heavy atom. The third kappa shape index (κ3) is 3.80. The van der Waals surface area contributed by atoms with Crippen molar-refractivity contribution in [2.24, 2.45) is 0 Å². The summed E-state index contributed by atoms with van der Waals surface area (Å²) in [6.07, 6.45) is 0. The normalized spacial score (nSPS) is 12.3. The molecule has 15 heavy (non-hydrogen) atoms. The van der Waals surface area contributed by atoms with Gasteiger partial charge in [0.25, 0.3) is 5.91 Å².